The molecule has 1 aliphatic heterocycles. The van der Waals surface area contributed by atoms with Gasteiger partial charge in [0, 0.05) is 30.3 Å². The van der Waals surface area contributed by atoms with Gasteiger partial charge < -0.3 is 21.1 Å². The highest BCUT2D eigenvalue weighted by Gasteiger charge is 2.26. The van der Waals surface area contributed by atoms with Crippen LogP contribution in [0.4, 0.5) is 11.8 Å². The number of anilines is 2. The van der Waals surface area contributed by atoms with Gasteiger partial charge in [-0.2, -0.15) is 5.26 Å². The highest BCUT2D eigenvalue weighted by Crippen LogP contribution is 2.25. The summed E-state index contributed by atoms with van der Waals surface area (Å²) < 4.78 is 5.52. The van der Waals surface area contributed by atoms with Crippen LogP contribution in [-0.4, -0.2) is 46.3 Å². The SMILES string of the molecule is N#Cc1cc2cnc(NC3CC(N)C3)nc2c(N[C@@H]2CCCOC2)n1. The molecule has 1 aliphatic carbocycles. The van der Waals surface area contributed by atoms with Crippen molar-refractivity contribution in [1.29, 1.82) is 5.26 Å². The van der Waals surface area contributed by atoms with Crippen molar-refractivity contribution in [2.45, 2.75) is 43.8 Å². The van der Waals surface area contributed by atoms with Crippen LogP contribution in [0.1, 0.15) is 31.4 Å². The first-order chi connectivity index (χ1) is 12.2. The van der Waals surface area contributed by atoms with E-state index in [0.29, 0.717) is 35.6 Å². The third kappa shape index (κ3) is 3.48. The van der Waals surface area contributed by atoms with Crippen molar-refractivity contribution in [1.82, 2.24) is 15.0 Å². The average molecular weight is 339 g/mol. The predicted octanol–water partition coefficient (Wildman–Crippen LogP) is 1.39. The predicted molar refractivity (Wildman–Crippen MR) is 94.1 cm³/mol. The van der Waals surface area contributed by atoms with Crippen LogP contribution in [0.3, 0.4) is 0 Å². The van der Waals surface area contributed by atoms with Gasteiger partial charge >= 0.3 is 0 Å². The third-order valence-corrected chi connectivity index (χ3v) is 4.69. The van der Waals surface area contributed by atoms with Crippen LogP contribution in [0.15, 0.2) is 12.3 Å². The van der Waals surface area contributed by atoms with Gasteiger partial charge in [-0.15, -0.1) is 0 Å². The number of nitriles is 1. The molecule has 130 valence electrons. The lowest BCUT2D eigenvalue weighted by atomic mass is 9.88. The Morgan fingerprint density at radius 1 is 1.24 bits per heavy atom. The van der Waals surface area contributed by atoms with Crippen LogP contribution in [-0.2, 0) is 4.74 Å². The summed E-state index contributed by atoms with van der Waals surface area (Å²) in [4.78, 5) is 13.4. The number of nitrogens with zero attached hydrogens (tertiary/aromatic N) is 4. The number of hydrogen-bond acceptors (Lipinski definition) is 8. The summed E-state index contributed by atoms with van der Waals surface area (Å²) in [6.45, 7) is 1.43. The van der Waals surface area contributed by atoms with E-state index in [1.807, 2.05) is 0 Å². The molecular weight excluding hydrogens is 318 g/mol. The summed E-state index contributed by atoms with van der Waals surface area (Å²) >= 11 is 0. The Bertz CT molecular complexity index is 806. The standard InChI is InChI=1S/C17H21N7O/c18-7-14-4-10-8-20-17(23-13-5-11(19)6-13)24-15(10)16(22-14)21-12-2-1-3-25-9-12/h4,8,11-13H,1-3,5-6,9,19H2,(H,21,22)(H,20,23,24)/t11?,12-,13?/m1/s1. The Morgan fingerprint density at radius 2 is 2.12 bits per heavy atom. The Labute approximate surface area is 145 Å². The molecule has 8 heteroatoms. The van der Waals surface area contributed by atoms with E-state index in [0.717, 1.165) is 37.7 Å². The van der Waals surface area contributed by atoms with Crippen LogP contribution < -0.4 is 16.4 Å². The molecule has 0 bridgehead atoms. The van der Waals surface area contributed by atoms with Crippen molar-refractivity contribution in [2.24, 2.45) is 5.73 Å². The molecule has 0 unspecified atom stereocenters. The molecule has 4 N–H and O–H groups in total. The molecule has 8 nitrogen and oxygen atoms in total. The minimum Gasteiger partial charge on any atom is -0.379 e. The fourth-order valence-electron chi connectivity index (χ4n) is 3.28. The Balaban J connectivity index is 1.64. The average Bonchev–Trinajstić information content (AvgIpc) is 2.61. The second-order valence-electron chi connectivity index (χ2n) is 6.73. The molecule has 25 heavy (non-hydrogen) atoms. The van der Waals surface area contributed by atoms with Crippen LogP contribution in [0.25, 0.3) is 10.9 Å². The summed E-state index contributed by atoms with van der Waals surface area (Å²) in [5.41, 5.74) is 6.89. The Morgan fingerprint density at radius 3 is 2.84 bits per heavy atom. The number of hydrogen-bond donors (Lipinski definition) is 3. The van der Waals surface area contributed by atoms with E-state index in [9.17, 15) is 5.26 Å². The fraction of sp³-hybridized carbons (Fsp3) is 0.529. The van der Waals surface area contributed by atoms with E-state index in [-0.39, 0.29) is 12.1 Å². The minimum atomic E-state index is 0.175. The van der Waals surface area contributed by atoms with Gasteiger partial charge in [0.15, 0.2) is 5.82 Å². The van der Waals surface area contributed by atoms with Crippen LogP contribution in [0, 0.1) is 11.3 Å². The van der Waals surface area contributed by atoms with E-state index in [4.69, 9.17) is 10.5 Å². The lowest BCUT2D eigenvalue weighted by Crippen LogP contribution is -2.44. The van der Waals surface area contributed by atoms with Gasteiger partial charge in [0.1, 0.15) is 17.3 Å². The minimum absolute atomic E-state index is 0.175. The Kier molecular flexibility index (Phi) is 4.34. The zero-order valence-corrected chi connectivity index (χ0v) is 13.9. The highest BCUT2D eigenvalue weighted by atomic mass is 16.5. The van der Waals surface area contributed by atoms with Gasteiger partial charge in [0.2, 0.25) is 5.95 Å². The number of aromatic nitrogens is 3. The maximum absolute atomic E-state index is 9.24. The number of rotatable bonds is 4. The molecule has 3 heterocycles. The van der Waals surface area contributed by atoms with Crippen molar-refractivity contribution >= 4 is 22.7 Å². The second-order valence-corrected chi connectivity index (χ2v) is 6.73. The van der Waals surface area contributed by atoms with Gasteiger partial charge in [-0.25, -0.2) is 15.0 Å². The molecule has 2 aromatic rings. The molecule has 1 saturated carbocycles. The molecule has 2 fully saturated rings. The van der Waals surface area contributed by atoms with E-state index in [1.165, 1.54) is 0 Å². The van der Waals surface area contributed by atoms with E-state index < -0.39 is 0 Å². The number of nitrogens with one attached hydrogen (secondary N) is 2. The van der Waals surface area contributed by atoms with Crippen molar-refractivity contribution in [3.63, 3.8) is 0 Å². The molecule has 0 amide bonds. The number of nitrogens with two attached hydrogens (primary N) is 1. The quantitative estimate of drug-likeness (QED) is 0.764. The molecule has 0 radical (unpaired) electrons. The fourth-order valence-corrected chi connectivity index (χ4v) is 3.28. The maximum atomic E-state index is 9.24. The summed E-state index contributed by atoms with van der Waals surface area (Å²) in [5, 5.41) is 16.7. The first-order valence-electron chi connectivity index (χ1n) is 8.65. The molecule has 4 rings (SSSR count). The first-order valence-corrected chi connectivity index (χ1v) is 8.65. The van der Waals surface area contributed by atoms with Gasteiger partial charge in [0.05, 0.1) is 12.6 Å². The number of fused-ring (bicyclic) bond motifs is 1. The van der Waals surface area contributed by atoms with Crippen molar-refractivity contribution in [3.8, 4) is 6.07 Å². The lowest BCUT2D eigenvalue weighted by molar-refractivity contribution is 0.0875. The van der Waals surface area contributed by atoms with E-state index in [1.54, 1.807) is 12.3 Å². The summed E-state index contributed by atoms with van der Waals surface area (Å²) in [6.07, 6.45) is 5.61. The molecule has 1 saturated heterocycles. The van der Waals surface area contributed by atoms with Gasteiger partial charge in [-0.1, -0.05) is 0 Å². The van der Waals surface area contributed by atoms with Crippen LogP contribution in [0.5, 0.6) is 0 Å². The van der Waals surface area contributed by atoms with Crippen molar-refractivity contribution < 1.29 is 4.74 Å². The van der Waals surface area contributed by atoms with Crippen LogP contribution >= 0.6 is 0 Å². The summed E-state index contributed by atoms with van der Waals surface area (Å²) in [6, 6.07) is 4.57. The van der Waals surface area contributed by atoms with Gasteiger partial charge in [-0.3, -0.25) is 0 Å². The van der Waals surface area contributed by atoms with Crippen LogP contribution in [0.2, 0.25) is 0 Å². The second kappa shape index (κ2) is 6.78. The zero-order chi connectivity index (χ0) is 17.2. The topological polar surface area (TPSA) is 122 Å². The molecule has 2 aliphatic rings. The molecule has 0 spiro atoms. The van der Waals surface area contributed by atoms with Gasteiger partial charge in [-0.05, 0) is 31.7 Å². The van der Waals surface area contributed by atoms with Crippen molar-refractivity contribution in [2.75, 3.05) is 23.8 Å². The highest BCUT2D eigenvalue weighted by molar-refractivity contribution is 5.89. The van der Waals surface area contributed by atoms with E-state index in [2.05, 4.69) is 31.7 Å². The van der Waals surface area contributed by atoms with Crippen molar-refractivity contribution in [3.05, 3.63) is 18.0 Å². The molecule has 1 atom stereocenters. The monoisotopic (exact) mass is 339 g/mol. The largest absolute Gasteiger partial charge is 0.379 e. The molecular formula is C17H21N7O. The Hall–Kier alpha value is -2.50. The normalized spacial score (nSPS) is 25.8. The first kappa shape index (κ1) is 16.0. The summed E-state index contributed by atoms with van der Waals surface area (Å²) in [7, 11) is 0. The molecule has 2 aromatic heterocycles. The number of ether oxygens (including phenoxy) is 1. The smallest absolute Gasteiger partial charge is 0.223 e. The number of pyridine rings is 1. The summed E-state index contributed by atoms with van der Waals surface area (Å²) in [5.74, 6) is 1.18. The van der Waals surface area contributed by atoms with E-state index >= 15 is 0 Å². The lowest BCUT2D eigenvalue weighted by Gasteiger charge is -2.32. The molecule has 0 aromatic carbocycles. The maximum Gasteiger partial charge on any atom is 0.223 e. The third-order valence-electron chi connectivity index (χ3n) is 4.69. The zero-order valence-electron chi connectivity index (χ0n) is 13.9. The van der Waals surface area contributed by atoms with Gasteiger partial charge in [0.25, 0.3) is 0 Å².